The molecular formula is C11H23V-3. The van der Waals surface area contributed by atoms with Crippen LogP contribution in [-0.4, -0.2) is 0 Å². The Balaban J connectivity index is -0.000000142. The molecule has 0 amide bonds. The third-order valence-corrected chi connectivity index (χ3v) is 1.39. The van der Waals surface area contributed by atoms with Crippen LogP contribution < -0.4 is 0 Å². The summed E-state index contributed by atoms with van der Waals surface area (Å²) in [6.07, 6.45) is 3.31. The van der Waals surface area contributed by atoms with Gasteiger partial charge in [0.15, 0.2) is 0 Å². The van der Waals surface area contributed by atoms with Crippen LogP contribution in [-0.2, 0) is 18.6 Å². The van der Waals surface area contributed by atoms with Gasteiger partial charge in [0.25, 0.3) is 0 Å². The molecule has 0 nitrogen and oxygen atoms in total. The van der Waals surface area contributed by atoms with Crippen LogP contribution in [0.5, 0.6) is 0 Å². The number of rotatable bonds is 3. The van der Waals surface area contributed by atoms with E-state index in [0.717, 1.165) is 18.8 Å². The van der Waals surface area contributed by atoms with E-state index in [1.165, 1.54) is 12.3 Å². The Hall–Kier alpha value is 0.584. The zero-order valence-corrected chi connectivity index (χ0v) is 10.5. The minimum atomic E-state index is 0. The van der Waals surface area contributed by atoms with Gasteiger partial charge in [-0.1, -0.05) is 19.3 Å². The van der Waals surface area contributed by atoms with Crippen LogP contribution in [0.2, 0.25) is 0 Å². The monoisotopic (exact) mass is 206 g/mol. The molecule has 0 aromatic carbocycles. The van der Waals surface area contributed by atoms with Gasteiger partial charge in [-0.05, 0) is 0 Å². The summed E-state index contributed by atoms with van der Waals surface area (Å²) in [6, 6.07) is 0. The molecule has 0 N–H and O–H groups in total. The molecule has 0 bridgehead atoms. The number of hydrogen-bond donors (Lipinski definition) is 0. The summed E-state index contributed by atoms with van der Waals surface area (Å²) >= 11 is 0. The van der Waals surface area contributed by atoms with Crippen molar-refractivity contribution in [3.63, 3.8) is 0 Å². The van der Waals surface area contributed by atoms with Gasteiger partial charge in [0, 0.05) is 18.6 Å². The molecule has 1 radical (unpaired) electrons. The van der Waals surface area contributed by atoms with Crippen molar-refractivity contribution in [3.8, 4) is 0 Å². The van der Waals surface area contributed by atoms with Crippen molar-refractivity contribution in [2.75, 3.05) is 0 Å². The molecular weight excluding hydrogens is 183 g/mol. The summed E-state index contributed by atoms with van der Waals surface area (Å²) in [4.78, 5) is 0. The van der Waals surface area contributed by atoms with Gasteiger partial charge in [-0.25, -0.2) is 0 Å². The van der Waals surface area contributed by atoms with E-state index in [2.05, 4.69) is 41.5 Å². The second-order valence-corrected chi connectivity index (χ2v) is 3.35. The quantitative estimate of drug-likeness (QED) is 0.610. The molecule has 0 spiro atoms. The Bertz CT molecular complexity index is 47.8. The predicted molar refractivity (Wildman–Crippen MR) is 54.0 cm³/mol. The van der Waals surface area contributed by atoms with E-state index in [-0.39, 0.29) is 18.6 Å². The third kappa shape index (κ3) is 22.4. The van der Waals surface area contributed by atoms with Crippen molar-refractivity contribution in [1.82, 2.24) is 0 Å². The molecule has 0 aromatic heterocycles. The van der Waals surface area contributed by atoms with Crippen LogP contribution in [0.3, 0.4) is 0 Å². The van der Waals surface area contributed by atoms with Crippen LogP contribution in [0.15, 0.2) is 0 Å². The van der Waals surface area contributed by atoms with E-state index in [1.54, 1.807) is 0 Å². The summed E-state index contributed by atoms with van der Waals surface area (Å²) in [5, 5.41) is 0. The minimum Gasteiger partial charge on any atom is -0.343 e. The van der Waals surface area contributed by atoms with E-state index >= 15 is 0 Å². The smallest absolute Gasteiger partial charge is 0 e. The third-order valence-electron chi connectivity index (χ3n) is 1.39. The summed E-state index contributed by atoms with van der Waals surface area (Å²) in [6.45, 7) is 16.0. The van der Waals surface area contributed by atoms with Crippen LogP contribution in [0.25, 0.3) is 0 Å². The molecule has 0 rings (SSSR count). The van der Waals surface area contributed by atoms with Gasteiger partial charge in [0.05, 0.1) is 0 Å². The van der Waals surface area contributed by atoms with Gasteiger partial charge < -0.3 is 19.8 Å². The fourth-order valence-electron chi connectivity index (χ4n) is 0.553. The molecule has 0 aliphatic carbocycles. The fourth-order valence-corrected chi connectivity index (χ4v) is 0.553. The molecule has 0 saturated carbocycles. The standard InChI is InChI=1S/C7H14.C4H9.V/c1-4-7(5-2)6-3;1-4(2)3;/h7H,1-2,4-6H2,3H3;1-3H3;/q-2;-1;. The average Bonchev–Trinajstić information content (AvgIpc) is 1.90. The summed E-state index contributed by atoms with van der Waals surface area (Å²) in [5.41, 5.74) is 0. The molecule has 0 aliphatic heterocycles. The molecule has 75 valence electrons. The maximum absolute atomic E-state index is 3.79. The summed E-state index contributed by atoms with van der Waals surface area (Å²) in [5.74, 6) is 2.18. The van der Waals surface area contributed by atoms with Crippen molar-refractivity contribution in [1.29, 1.82) is 0 Å². The second kappa shape index (κ2) is 14.1. The molecule has 1 heteroatoms. The van der Waals surface area contributed by atoms with Crippen LogP contribution >= 0.6 is 0 Å². The van der Waals surface area contributed by atoms with E-state index in [4.69, 9.17) is 0 Å². The van der Waals surface area contributed by atoms with Crippen molar-refractivity contribution >= 4 is 0 Å². The molecule has 12 heavy (non-hydrogen) atoms. The summed E-state index contributed by atoms with van der Waals surface area (Å²) < 4.78 is 0. The molecule has 0 saturated heterocycles. The Morgan fingerprint density at radius 1 is 1.08 bits per heavy atom. The molecule has 0 heterocycles. The van der Waals surface area contributed by atoms with Gasteiger partial charge >= 0.3 is 0 Å². The first-order chi connectivity index (χ1) is 5.08. The van der Waals surface area contributed by atoms with Crippen molar-refractivity contribution in [2.24, 2.45) is 5.92 Å². The molecule has 0 atom stereocenters. The maximum atomic E-state index is 3.79. The first-order valence-electron chi connectivity index (χ1n) is 4.43. The van der Waals surface area contributed by atoms with E-state index in [9.17, 15) is 0 Å². The van der Waals surface area contributed by atoms with Gasteiger partial charge in [-0.3, -0.25) is 0 Å². The van der Waals surface area contributed by atoms with Gasteiger partial charge in [0.2, 0.25) is 0 Å². The van der Waals surface area contributed by atoms with Crippen LogP contribution in [0, 0.1) is 25.7 Å². The molecule has 0 aromatic rings. The number of hydrogen-bond acceptors (Lipinski definition) is 0. The van der Waals surface area contributed by atoms with Gasteiger partial charge in [0.1, 0.15) is 0 Å². The largest absolute Gasteiger partial charge is 0.343 e. The van der Waals surface area contributed by atoms with E-state index < -0.39 is 0 Å². The maximum Gasteiger partial charge on any atom is 0 e. The summed E-state index contributed by atoms with van der Waals surface area (Å²) in [7, 11) is 0. The zero-order chi connectivity index (χ0) is 9.28. The average molecular weight is 206 g/mol. The Morgan fingerprint density at radius 3 is 1.33 bits per heavy atom. The zero-order valence-electron chi connectivity index (χ0n) is 9.06. The Morgan fingerprint density at radius 2 is 1.33 bits per heavy atom. The van der Waals surface area contributed by atoms with E-state index in [0.29, 0.717) is 0 Å². The minimum absolute atomic E-state index is 0. The topological polar surface area (TPSA) is 0 Å². The molecule has 0 fully saturated rings. The van der Waals surface area contributed by atoms with Gasteiger partial charge in [-0.2, -0.15) is 33.6 Å². The normalized spacial score (nSPS) is 9.00. The van der Waals surface area contributed by atoms with Crippen molar-refractivity contribution < 1.29 is 18.6 Å². The Labute approximate surface area is 91.4 Å². The fraction of sp³-hybridized carbons (Fsp3) is 0.727. The predicted octanol–water partition coefficient (Wildman–Crippen LogP) is 4.08. The van der Waals surface area contributed by atoms with Crippen molar-refractivity contribution in [3.05, 3.63) is 19.8 Å². The first-order valence-corrected chi connectivity index (χ1v) is 4.43. The van der Waals surface area contributed by atoms with Crippen LogP contribution in [0.1, 0.15) is 47.0 Å². The molecule has 0 aliphatic rings. The van der Waals surface area contributed by atoms with Crippen molar-refractivity contribution in [2.45, 2.75) is 47.0 Å². The second-order valence-electron chi connectivity index (χ2n) is 3.35. The van der Waals surface area contributed by atoms with E-state index in [1.807, 2.05) is 0 Å². The van der Waals surface area contributed by atoms with Crippen LogP contribution in [0.4, 0.5) is 0 Å². The first kappa shape index (κ1) is 18.4. The Kier molecular flexibility index (Phi) is 21.6. The molecule has 0 unspecified atom stereocenters. The SMILES string of the molecule is C[C-](C)C.[CH2-]CC(C[CH2-])CC.[V]. The van der Waals surface area contributed by atoms with Gasteiger partial charge in [-0.15, -0.1) is 0 Å².